The standard InChI is InChI=1S/C25H28ClN3O.C23H24ClN3O.2CO2/c1-3-5-6-7-22-17-28(21-14-8-18(4-2)9-15-21)25(30)24-16-23(27-29(22)24)19-10-12-20(26)13-11-19;1-2-3-5-10-20-16-26(19-8-6-4-7-9-19)23(28)22-15-21(25-27(20)22)17-11-13-18(24)14-12-17;2*2-1-3/h8-16,22H,3-7,17H2,1-2H3;4,6-9,11-15,20H,2-3,5,10,16H2,1H3;;. The molecule has 2 amide bonds. The van der Waals surface area contributed by atoms with Crippen LogP contribution in [0, 0.1) is 0 Å². The van der Waals surface area contributed by atoms with Gasteiger partial charge in [0.25, 0.3) is 11.8 Å². The van der Waals surface area contributed by atoms with E-state index in [4.69, 9.17) is 52.6 Å². The van der Waals surface area contributed by atoms with Gasteiger partial charge in [-0.25, -0.2) is 0 Å². The minimum atomic E-state index is 0.00524. The first kappa shape index (κ1) is 48.6. The van der Waals surface area contributed by atoms with E-state index in [1.807, 2.05) is 110 Å². The van der Waals surface area contributed by atoms with Crippen molar-refractivity contribution in [1.29, 1.82) is 0 Å². The summed E-state index contributed by atoms with van der Waals surface area (Å²) in [7, 11) is 0. The second-order valence-corrected chi connectivity index (χ2v) is 16.3. The number of aryl methyl sites for hydroxylation is 1. The van der Waals surface area contributed by atoms with Gasteiger partial charge in [-0.1, -0.05) is 137 Å². The van der Waals surface area contributed by atoms with Crippen LogP contribution in [0.1, 0.15) is 111 Å². The van der Waals surface area contributed by atoms with Crippen molar-refractivity contribution < 1.29 is 28.8 Å². The van der Waals surface area contributed by atoms with Gasteiger partial charge in [-0.2, -0.15) is 29.4 Å². The van der Waals surface area contributed by atoms with E-state index in [0.717, 1.165) is 66.0 Å². The van der Waals surface area contributed by atoms with E-state index in [9.17, 15) is 9.59 Å². The molecule has 64 heavy (non-hydrogen) atoms. The number of hydrogen-bond donors (Lipinski definition) is 0. The molecule has 4 heterocycles. The minimum absolute atomic E-state index is 0.00524. The van der Waals surface area contributed by atoms with Crippen LogP contribution in [0.25, 0.3) is 22.5 Å². The molecule has 0 fully saturated rings. The van der Waals surface area contributed by atoms with Gasteiger partial charge in [0.2, 0.25) is 0 Å². The first-order chi connectivity index (χ1) is 31.1. The number of amides is 2. The number of aromatic nitrogens is 4. The highest BCUT2D eigenvalue weighted by Crippen LogP contribution is 2.34. The van der Waals surface area contributed by atoms with Crippen LogP contribution in [0.5, 0.6) is 0 Å². The van der Waals surface area contributed by atoms with Crippen molar-refractivity contribution in [3.8, 4) is 22.5 Å². The molecule has 4 aromatic carbocycles. The van der Waals surface area contributed by atoms with Crippen molar-refractivity contribution in [3.63, 3.8) is 0 Å². The fourth-order valence-corrected chi connectivity index (χ4v) is 8.11. The van der Waals surface area contributed by atoms with Gasteiger partial charge >= 0.3 is 12.3 Å². The number of para-hydroxylation sites is 1. The molecule has 0 saturated carbocycles. The lowest BCUT2D eigenvalue weighted by molar-refractivity contribution is -0.193. The molecule has 12 nitrogen and oxygen atoms in total. The first-order valence-corrected chi connectivity index (χ1v) is 22.3. The third-order valence-electron chi connectivity index (χ3n) is 11.2. The SMILES string of the molecule is CCCCCC1CN(c2ccc(CC)cc2)C(=O)c2cc(-c3ccc(Cl)cc3)nn21.CCCCCC1CN(c2ccccc2)C(=O)c2cc(-c3ccc(Cl)cc3)nn21.O=C=O.O=C=O. The fraction of sp³-hybridized carbons (Fsp3) is 0.320. The van der Waals surface area contributed by atoms with Crippen LogP contribution < -0.4 is 9.80 Å². The van der Waals surface area contributed by atoms with Crippen LogP contribution in [-0.2, 0) is 25.6 Å². The Labute approximate surface area is 383 Å². The molecule has 0 N–H and O–H groups in total. The van der Waals surface area contributed by atoms with Gasteiger partial charge in [0.15, 0.2) is 0 Å². The van der Waals surface area contributed by atoms with E-state index >= 15 is 0 Å². The summed E-state index contributed by atoms with van der Waals surface area (Å²) in [6.45, 7) is 7.87. The number of hydrogen-bond acceptors (Lipinski definition) is 8. The Morgan fingerprint density at radius 2 is 0.938 bits per heavy atom. The van der Waals surface area contributed by atoms with E-state index in [1.165, 1.54) is 31.2 Å². The molecule has 6 aromatic rings. The fourth-order valence-electron chi connectivity index (χ4n) is 7.86. The lowest BCUT2D eigenvalue weighted by Crippen LogP contribution is -2.43. The molecular weight excluding hydrogens is 851 g/mol. The highest BCUT2D eigenvalue weighted by Gasteiger charge is 2.35. The largest absolute Gasteiger partial charge is 0.373 e. The molecule has 0 bridgehead atoms. The predicted octanol–water partition coefficient (Wildman–Crippen LogP) is 11.4. The Kier molecular flexibility index (Phi) is 18.6. The molecule has 2 aliphatic rings. The summed E-state index contributed by atoms with van der Waals surface area (Å²) in [5.74, 6) is 0.0179. The molecule has 2 aromatic heterocycles. The maximum Gasteiger partial charge on any atom is 0.373 e. The number of carbonyl (C=O) groups is 2. The number of carbonyl (C=O) groups excluding carboxylic acids is 6. The van der Waals surface area contributed by atoms with Crippen LogP contribution >= 0.6 is 23.2 Å². The lowest BCUT2D eigenvalue weighted by atomic mass is 10.0. The molecule has 332 valence electrons. The molecule has 2 atom stereocenters. The van der Waals surface area contributed by atoms with Crippen molar-refractivity contribution in [1.82, 2.24) is 19.6 Å². The number of rotatable bonds is 13. The molecule has 0 saturated heterocycles. The van der Waals surface area contributed by atoms with Gasteiger partial charge < -0.3 is 9.80 Å². The Morgan fingerprint density at radius 3 is 1.31 bits per heavy atom. The highest BCUT2D eigenvalue weighted by molar-refractivity contribution is 6.31. The Hall–Kier alpha value is -6.42. The van der Waals surface area contributed by atoms with E-state index in [-0.39, 0.29) is 36.2 Å². The summed E-state index contributed by atoms with van der Waals surface area (Å²) in [6.07, 6.45) is 10.5. The summed E-state index contributed by atoms with van der Waals surface area (Å²) in [5.41, 5.74) is 8.06. The predicted molar refractivity (Wildman–Crippen MR) is 247 cm³/mol. The number of nitrogens with zero attached hydrogens (tertiary/aromatic N) is 6. The van der Waals surface area contributed by atoms with Crippen LogP contribution in [0.15, 0.2) is 115 Å². The second-order valence-electron chi connectivity index (χ2n) is 15.4. The molecule has 2 aliphatic heterocycles. The average molecular weight is 904 g/mol. The van der Waals surface area contributed by atoms with Crippen LogP contribution in [0.3, 0.4) is 0 Å². The number of unbranched alkanes of at least 4 members (excludes halogenated alkanes) is 4. The van der Waals surface area contributed by atoms with Crippen LogP contribution in [0.4, 0.5) is 11.4 Å². The van der Waals surface area contributed by atoms with Gasteiger partial charge in [-0.15, -0.1) is 0 Å². The van der Waals surface area contributed by atoms with E-state index in [1.54, 1.807) is 0 Å². The third kappa shape index (κ3) is 12.4. The molecule has 8 rings (SSSR count). The zero-order chi connectivity index (χ0) is 46.0. The van der Waals surface area contributed by atoms with Crippen molar-refractivity contribution in [2.75, 3.05) is 22.9 Å². The number of anilines is 2. The molecule has 2 unspecified atom stereocenters. The van der Waals surface area contributed by atoms with Crippen molar-refractivity contribution in [2.45, 2.75) is 90.6 Å². The Balaban J connectivity index is 0.000000215. The lowest BCUT2D eigenvalue weighted by Gasteiger charge is -2.33. The molecule has 14 heteroatoms. The van der Waals surface area contributed by atoms with E-state index in [2.05, 4.69) is 45.0 Å². The van der Waals surface area contributed by atoms with Gasteiger partial charge in [0, 0.05) is 45.6 Å². The quantitative estimate of drug-likeness (QED) is 0.104. The second kappa shape index (κ2) is 24.4. The average Bonchev–Trinajstić information content (AvgIpc) is 3.97. The highest BCUT2D eigenvalue weighted by atomic mass is 35.5. The summed E-state index contributed by atoms with van der Waals surface area (Å²) < 4.78 is 3.90. The summed E-state index contributed by atoms with van der Waals surface area (Å²) in [5, 5.41) is 11.0. The zero-order valence-electron chi connectivity index (χ0n) is 36.3. The summed E-state index contributed by atoms with van der Waals surface area (Å²) in [4.78, 5) is 62.9. The number of benzene rings is 4. The molecular formula is C50H52Cl2N6O6. The number of halogens is 2. The zero-order valence-corrected chi connectivity index (χ0v) is 37.8. The normalized spacial score (nSPS) is 14.9. The number of fused-ring (bicyclic) bond motifs is 2. The van der Waals surface area contributed by atoms with E-state index in [0.29, 0.717) is 34.5 Å². The maximum atomic E-state index is 13.4. The van der Waals surface area contributed by atoms with Crippen molar-refractivity contribution in [2.24, 2.45) is 0 Å². The molecule has 0 aliphatic carbocycles. The minimum Gasteiger partial charge on any atom is -0.305 e. The van der Waals surface area contributed by atoms with Crippen molar-refractivity contribution in [3.05, 3.63) is 142 Å². The Bertz CT molecular complexity index is 2480. The third-order valence-corrected chi connectivity index (χ3v) is 11.7. The maximum absolute atomic E-state index is 13.4. The van der Waals surface area contributed by atoms with E-state index < -0.39 is 0 Å². The topological polar surface area (TPSA) is 145 Å². The smallest absolute Gasteiger partial charge is 0.305 e. The molecule has 0 spiro atoms. The van der Waals surface area contributed by atoms with Crippen molar-refractivity contribution >= 4 is 58.7 Å². The van der Waals surface area contributed by atoms with Gasteiger partial charge in [-0.3, -0.25) is 19.0 Å². The van der Waals surface area contributed by atoms with Gasteiger partial charge in [0.05, 0.1) is 23.5 Å². The van der Waals surface area contributed by atoms with Crippen LogP contribution in [-0.4, -0.2) is 56.8 Å². The molecule has 0 radical (unpaired) electrons. The summed E-state index contributed by atoms with van der Waals surface area (Å²) >= 11 is 12.1. The Morgan fingerprint density at radius 1 is 0.547 bits per heavy atom. The summed E-state index contributed by atoms with van der Waals surface area (Å²) in [6, 6.07) is 37.7. The monoisotopic (exact) mass is 902 g/mol. The van der Waals surface area contributed by atoms with Crippen LogP contribution in [0.2, 0.25) is 10.0 Å². The van der Waals surface area contributed by atoms with Gasteiger partial charge in [0.1, 0.15) is 11.4 Å². The van der Waals surface area contributed by atoms with Gasteiger partial charge in [-0.05, 0) is 85.5 Å². The first-order valence-electron chi connectivity index (χ1n) is 21.6.